The molecule has 0 radical (unpaired) electrons. The number of aliphatic hydroxyl groups is 1. The fourth-order valence-corrected chi connectivity index (χ4v) is 3.75. The third-order valence-corrected chi connectivity index (χ3v) is 5.64. The molecule has 0 aliphatic rings. The largest absolute Gasteiger partial charge is 0.489 e. The van der Waals surface area contributed by atoms with E-state index in [2.05, 4.69) is 32.5 Å². The zero-order chi connectivity index (χ0) is 22.3. The number of H-pyrrole nitrogens is 1. The van der Waals surface area contributed by atoms with Crippen LogP contribution in [0.15, 0.2) is 48.5 Å². The van der Waals surface area contributed by atoms with Crippen LogP contribution in [-0.4, -0.2) is 35.3 Å². The number of ether oxygens (including phenoxy) is 1. The van der Waals surface area contributed by atoms with Gasteiger partial charge in [0.2, 0.25) is 5.82 Å². The number of hydrogen-bond donors (Lipinski definition) is 2. The van der Waals surface area contributed by atoms with Crippen molar-refractivity contribution in [2.75, 3.05) is 0 Å². The molecule has 0 saturated carbocycles. The van der Waals surface area contributed by atoms with Gasteiger partial charge in [-0.05, 0) is 29.3 Å². The van der Waals surface area contributed by atoms with E-state index in [-0.39, 0.29) is 6.61 Å². The van der Waals surface area contributed by atoms with E-state index >= 15 is 0 Å². The second-order valence-electron chi connectivity index (χ2n) is 7.44. The van der Waals surface area contributed by atoms with Gasteiger partial charge in [0, 0.05) is 17.5 Å². The maximum atomic E-state index is 9.53. The zero-order valence-corrected chi connectivity index (χ0v) is 18.6. The first kappa shape index (κ1) is 22.0. The average molecular weight is 453 g/mol. The van der Waals surface area contributed by atoms with E-state index in [1.807, 2.05) is 53.1 Å². The van der Waals surface area contributed by atoms with E-state index in [0.29, 0.717) is 29.8 Å². The van der Waals surface area contributed by atoms with Crippen LogP contribution >= 0.6 is 11.6 Å². The summed E-state index contributed by atoms with van der Waals surface area (Å²) in [6.45, 7) is 2.95. The van der Waals surface area contributed by atoms with Crippen LogP contribution in [0.2, 0.25) is 5.15 Å². The number of aryl methyl sites for hydroxylation is 1. The fourth-order valence-electron chi connectivity index (χ4n) is 3.49. The molecule has 166 valence electrons. The number of aliphatic hydroxyl groups excluding tert-OH is 1. The Morgan fingerprint density at radius 1 is 1.12 bits per heavy atom. The van der Waals surface area contributed by atoms with Crippen LogP contribution < -0.4 is 4.74 Å². The lowest BCUT2D eigenvalue weighted by atomic mass is 10.1. The number of rotatable bonds is 10. The van der Waals surface area contributed by atoms with E-state index in [0.717, 1.165) is 47.5 Å². The highest BCUT2D eigenvalue weighted by molar-refractivity contribution is 6.30. The first-order valence-electron chi connectivity index (χ1n) is 10.6. The maximum absolute atomic E-state index is 9.53. The van der Waals surface area contributed by atoms with Crippen molar-refractivity contribution in [1.29, 1.82) is 0 Å². The summed E-state index contributed by atoms with van der Waals surface area (Å²) < 4.78 is 7.97. The molecule has 0 unspecified atom stereocenters. The SMILES string of the molecule is CCCCc1nc(CO)c(Cl)n1Cc1ccc(OCc2ccccc2-c2nn[nH]n2)cc1. The molecule has 2 heterocycles. The second-order valence-corrected chi connectivity index (χ2v) is 7.80. The number of nitrogens with one attached hydrogen (secondary N) is 1. The van der Waals surface area contributed by atoms with E-state index in [1.165, 1.54) is 0 Å². The number of aromatic amines is 1. The molecule has 4 aromatic rings. The number of benzene rings is 2. The Labute approximate surface area is 191 Å². The number of halogens is 1. The molecule has 0 atom stereocenters. The van der Waals surface area contributed by atoms with Crippen LogP contribution in [0.4, 0.5) is 0 Å². The van der Waals surface area contributed by atoms with E-state index in [9.17, 15) is 5.11 Å². The number of imidazole rings is 1. The molecule has 2 aromatic carbocycles. The summed E-state index contributed by atoms with van der Waals surface area (Å²) in [6, 6.07) is 15.7. The van der Waals surface area contributed by atoms with Gasteiger partial charge in [-0.15, -0.1) is 10.2 Å². The molecule has 9 heteroatoms. The summed E-state index contributed by atoms with van der Waals surface area (Å²) >= 11 is 6.46. The summed E-state index contributed by atoms with van der Waals surface area (Å²) in [5.74, 6) is 2.20. The van der Waals surface area contributed by atoms with Crippen molar-refractivity contribution in [3.63, 3.8) is 0 Å². The average Bonchev–Trinajstić information content (AvgIpc) is 3.46. The van der Waals surface area contributed by atoms with Gasteiger partial charge in [0.1, 0.15) is 29.0 Å². The Morgan fingerprint density at radius 2 is 1.94 bits per heavy atom. The third-order valence-electron chi connectivity index (χ3n) is 5.22. The topological polar surface area (TPSA) is 102 Å². The lowest BCUT2D eigenvalue weighted by Gasteiger charge is -2.12. The Bertz CT molecular complexity index is 1140. The lowest BCUT2D eigenvalue weighted by Crippen LogP contribution is -2.06. The number of unbranched alkanes of at least 4 members (excludes halogenated alkanes) is 1. The molecular formula is C23H25ClN6O2. The number of aromatic nitrogens is 6. The second kappa shape index (κ2) is 10.4. The van der Waals surface area contributed by atoms with Crippen molar-refractivity contribution in [3.8, 4) is 17.1 Å². The summed E-state index contributed by atoms with van der Waals surface area (Å²) in [5.41, 5.74) is 3.45. The van der Waals surface area contributed by atoms with Crippen molar-refractivity contribution in [2.24, 2.45) is 0 Å². The number of hydrogen-bond acceptors (Lipinski definition) is 6. The van der Waals surface area contributed by atoms with Gasteiger partial charge in [0.15, 0.2) is 0 Å². The van der Waals surface area contributed by atoms with Crippen molar-refractivity contribution in [1.82, 2.24) is 30.2 Å². The Hall–Kier alpha value is -3.23. The molecule has 2 aromatic heterocycles. The third kappa shape index (κ3) is 4.98. The molecule has 0 bridgehead atoms. The molecule has 0 aliphatic heterocycles. The Kier molecular flexibility index (Phi) is 7.14. The fraction of sp³-hybridized carbons (Fsp3) is 0.304. The molecule has 32 heavy (non-hydrogen) atoms. The van der Waals surface area contributed by atoms with Crippen LogP contribution in [0, 0.1) is 0 Å². The van der Waals surface area contributed by atoms with E-state index in [1.54, 1.807) is 0 Å². The van der Waals surface area contributed by atoms with Gasteiger partial charge in [-0.1, -0.05) is 61.3 Å². The molecule has 8 nitrogen and oxygen atoms in total. The van der Waals surface area contributed by atoms with Crippen molar-refractivity contribution in [2.45, 2.75) is 45.9 Å². The van der Waals surface area contributed by atoms with Gasteiger partial charge in [0.05, 0.1) is 13.2 Å². The standard InChI is InChI=1S/C23H25ClN6O2/c1-2-3-8-21-25-20(14-31)22(24)30(21)13-16-9-11-18(12-10-16)32-15-17-6-4-5-7-19(17)23-26-28-29-27-23/h4-7,9-12,31H,2-3,8,13-15H2,1H3,(H,26,27,28,29). The van der Waals surface area contributed by atoms with Gasteiger partial charge in [0.25, 0.3) is 0 Å². The highest BCUT2D eigenvalue weighted by Crippen LogP contribution is 2.24. The minimum Gasteiger partial charge on any atom is -0.489 e. The van der Waals surface area contributed by atoms with Gasteiger partial charge >= 0.3 is 0 Å². The quantitative estimate of drug-likeness (QED) is 0.374. The van der Waals surface area contributed by atoms with Crippen LogP contribution in [-0.2, 0) is 26.2 Å². The predicted octanol–water partition coefficient (Wildman–Crippen LogP) is 4.18. The highest BCUT2D eigenvalue weighted by Gasteiger charge is 2.15. The van der Waals surface area contributed by atoms with Gasteiger partial charge in [-0.25, -0.2) is 4.98 Å². The van der Waals surface area contributed by atoms with E-state index in [4.69, 9.17) is 16.3 Å². The van der Waals surface area contributed by atoms with Crippen LogP contribution in [0.1, 0.15) is 42.4 Å². The lowest BCUT2D eigenvalue weighted by molar-refractivity contribution is 0.277. The van der Waals surface area contributed by atoms with Crippen molar-refractivity contribution in [3.05, 3.63) is 76.3 Å². The molecule has 0 aliphatic carbocycles. The van der Waals surface area contributed by atoms with Crippen LogP contribution in [0.3, 0.4) is 0 Å². The summed E-state index contributed by atoms with van der Waals surface area (Å²) in [7, 11) is 0. The minimum absolute atomic E-state index is 0.164. The molecule has 4 rings (SSSR count). The molecule has 2 N–H and O–H groups in total. The maximum Gasteiger partial charge on any atom is 0.205 e. The van der Waals surface area contributed by atoms with Gasteiger partial charge < -0.3 is 14.4 Å². The Balaban J connectivity index is 1.44. The molecule has 0 fully saturated rings. The molecule has 0 saturated heterocycles. The molecule has 0 spiro atoms. The number of nitrogens with zero attached hydrogens (tertiary/aromatic N) is 5. The van der Waals surface area contributed by atoms with Crippen LogP contribution in [0.25, 0.3) is 11.4 Å². The Morgan fingerprint density at radius 3 is 2.66 bits per heavy atom. The number of tetrazole rings is 1. The first-order valence-corrected chi connectivity index (χ1v) is 11.0. The normalized spacial score (nSPS) is 11.1. The summed E-state index contributed by atoms with van der Waals surface area (Å²) in [6.07, 6.45) is 2.92. The van der Waals surface area contributed by atoms with Gasteiger partial charge in [-0.3, -0.25) is 0 Å². The molecule has 0 amide bonds. The van der Waals surface area contributed by atoms with Crippen molar-refractivity contribution < 1.29 is 9.84 Å². The summed E-state index contributed by atoms with van der Waals surface area (Å²) in [5, 5.41) is 24.2. The molecular weight excluding hydrogens is 428 g/mol. The predicted molar refractivity (Wildman–Crippen MR) is 121 cm³/mol. The van der Waals surface area contributed by atoms with Gasteiger partial charge in [-0.2, -0.15) is 5.21 Å². The summed E-state index contributed by atoms with van der Waals surface area (Å²) in [4.78, 5) is 4.51. The zero-order valence-electron chi connectivity index (χ0n) is 17.8. The van der Waals surface area contributed by atoms with Crippen LogP contribution in [0.5, 0.6) is 5.75 Å². The minimum atomic E-state index is -0.164. The van der Waals surface area contributed by atoms with E-state index < -0.39 is 0 Å². The monoisotopic (exact) mass is 452 g/mol. The smallest absolute Gasteiger partial charge is 0.205 e. The highest BCUT2D eigenvalue weighted by atomic mass is 35.5. The van der Waals surface area contributed by atoms with Crippen molar-refractivity contribution >= 4 is 11.6 Å². The first-order chi connectivity index (χ1) is 15.7.